The summed E-state index contributed by atoms with van der Waals surface area (Å²) >= 11 is 5.89. The van der Waals surface area contributed by atoms with Crippen LogP contribution in [0.2, 0.25) is 5.02 Å². The zero-order valence-electron chi connectivity index (χ0n) is 16.2. The van der Waals surface area contributed by atoms with E-state index in [0.717, 1.165) is 49.5 Å². The summed E-state index contributed by atoms with van der Waals surface area (Å²) in [5.74, 6) is 0.795. The van der Waals surface area contributed by atoms with Gasteiger partial charge in [0.05, 0.1) is 6.54 Å². The second-order valence-corrected chi connectivity index (χ2v) is 7.61. The highest BCUT2D eigenvalue weighted by molar-refractivity contribution is 6.30. The zero-order valence-corrected chi connectivity index (χ0v) is 16.9. The number of carbonyl (C=O) groups excluding carboxylic acids is 1. The molecule has 5 heteroatoms. The van der Waals surface area contributed by atoms with E-state index in [9.17, 15) is 4.79 Å². The summed E-state index contributed by atoms with van der Waals surface area (Å²) in [6.45, 7) is 2.91. The predicted octanol–water partition coefficient (Wildman–Crippen LogP) is 4.84. The van der Waals surface area contributed by atoms with Crippen molar-refractivity contribution >= 4 is 35.6 Å². The van der Waals surface area contributed by atoms with Crippen molar-refractivity contribution in [3.8, 4) is 0 Å². The zero-order chi connectivity index (χ0) is 20.1. The highest BCUT2D eigenvalue weighted by Crippen LogP contribution is 2.21. The summed E-state index contributed by atoms with van der Waals surface area (Å²) < 4.78 is 5.50. The Morgan fingerprint density at radius 1 is 1.00 bits per heavy atom. The van der Waals surface area contributed by atoms with E-state index in [0.29, 0.717) is 11.6 Å². The topological polar surface area (TPSA) is 41.9 Å². The largest absolute Gasteiger partial charge is 0.476 e. The Morgan fingerprint density at radius 2 is 1.69 bits per heavy atom. The van der Waals surface area contributed by atoms with E-state index in [1.165, 1.54) is 11.1 Å². The smallest absolute Gasteiger partial charge is 0.246 e. The molecule has 0 saturated carbocycles. The number of halogens is 1. The van der Waals surface area contributed by atoms with Gasteiger partial charge in [0.15, 0.2) is 0 Å². The maximum Gasteiger partial charge on any atom is 0.246 e. The molecule has 2 aliphatic heterocycles. The van der Waals surface area contributed by atoms with Gasteiger partial charge in [-0.2, -0.15) is 0 Å². The molecular weight excluding hydrogens is 384 g/mol. The van der Waals surface area contributed by atoms with E-state index >= 15 is 0 Å². The number of rotatable bonds is 4. The Balaban J connectivity index is 1.31. The molecule has 0 bridgehead atoms. The molecule has 0 atom stereocenters. The van der Waals surface area contributed by atoms with Gasteiger partial charge in [-0.05, 0) is 54.3 Å². The van der Waals surface area contributed by atoms with E-state index in [-0.39, 0.29) is 5.91 Å². The Kier molecular flexibility index (Phi) is 6.11. The lowest BCUT2D eigenvalue weighted by Crippen LogP contribution is -2.35. The van der Waals surface area contributed by atoms with Crippen LogP contribution in [0.5, 0.6) is 0 Å². The molecule has 0 spiro atoms. The Hall–Kier alpha value is -2.85. The summed E-state index contributed by atoms with van der Waals surface area (Å²) in [5, 5.41) is 0.694. The van der Waals surface area contributed by atoms with Gasteiger partial charge in [0.2, 0.25) is 11.8 Å². The van der Waals surface area contributed by atoms with Gasteiger partial charge in [0.25, 0.3) is 0 Å². The van der Waals surface area contributed by atoms with Crippen molar-refractivity contribution in [1.29, 1.82) is 0 Å². The maximum atomic E-state index is 12.4. The molecule has 0 N–H and O–H groups in total. The Labute approximate surface area is 176 Å². The van der Waals surface area contributed by atoms with Crippen molar-refractivity contribution in [2.75, 3.05) is 26.2 Å². The number of ether oxygens (including phenoxy) is 1. The van der Waals surface area contributed by atoms with Gasteiger partial charge in [-0.25, -0.2) is 4.99 Å². The lowest BCUT2D eigenvalue weighted by Gasteiger charge is -2.27. The minimum absolute atomic E-state index is 0.0562. The third-order valence-corrected chi connectivity index (χ3v) is 5.37. The van der Waals surface area contributed by atoms with Crippen molar-refractivity contribution in [3.05, 3.63) is 81.9 Å². The average molecular weight is 407 g/mol. The van der Waals surface area contributed by atoms with Crippen LogP contribution in [0.3, 0.4) is 0 Å². The van der Waals surface area contributed by atoms with Crippen LogP contribution in [0.1, 0.15) is 29.5 Å². The van der Waals surface area contributed by atoms with Crippen LogP contribution < -0.4 is 0 Å². The van der Waals surface area contributed by atoms with Crippen LogP contribution in [0.4, 0.5) is 0 Å². The fourth-order valence-corrected chi connectivity index (χ4v) is 3.60. The van der Waals surface area contributed by atoms with E-state index < -0.39 is 0 Å². The normalized spacial score (nSPS) is 16.7. The van der Waals surface area contributed by atoms with Crippen LogP contribution in [0.15, 0.2) is 65.2 Å². The number of hydrogen-bond acceptors (Lipinski definition) is 3. The molecule has 2 aromatic carbocycles. The summed E-state index contributed by atoms with van der Waals surface area (Å²) in [7, 11) is 0. The molecule has 1 fully saturated rings. The predicted molar refractivity (Wildman–Crippen MR) is 118 cm³/mol. The number of hydrogen-bond donors (Lipinski definition) is 0. The van der Waals surface area contributed by atoms with Gasteiger partial charge in [-0.1, -0.05) is 47.5 Å². The fourth-order valence-electron chi connectivity index (χ4n) is 3.47. The molecule has 4 rings (SSSR count). The number of benzene rings is 2. The molecule has 0 radical (unpaired) electrons. The van der Waals surface area contributed by atoms with Crippen molar-refractivity contribution in [2.24, 2.45) is 4.99 Å². The molecular formula is C24H23ClN2O2. The molecule has 1 amide bonds. The fraction of sp³-hybridized carbons (Fsp3) is 0.250. The van der Waals surface area contributed by atoms with Crippen LogP contribution in [0, 0.1) is 0 Å². The van der Waals surface area contributed by atoms with Gasteiger partial charge in [0, 0.05) is 29.8 Å². The average Bonchev–Trinajstić information content (AvgIpc) is 3.29. The van der Waals surface area contributed by atoms with Crippen LogP contribution >= 0.6 is 11.6 Å². The first-order chi connectivity index (χ1) is 14.2. The van der Waals surface area contributed by atoms with Crippen LogP contribution in [0.25, 0.3) is 12.2 Å². The Bertz CT molecular complexity index is 949. The van der Waals surface area contributed by atoms with Gasteiger partial charge in [-0.3, -0.25) is 4.79 Å². The number of amides is 1. The van der Waals surface area contributed by atoms with E-state index in [2.05, 4.69) is 35.3 Å². The van der Waals surface area contributed by atoms with Gasteiger partial charge >= 0.3 is 0 Å². The Morgan fingerprint density at radius 3 is 2.34 bits per heavy atom. The van der Waals surface area contributed by atoms with Gasteiger partial charge < -0.3 is 9.64 Å². The molecule has 1 saturated heterocycles. The number of likely N-dealkylation sites (tertiary alicyclic amines) is 1. The molecule has 29 heavy (non-hydrogen) atoms. The first-order valence-corrected chi connectivity index (χ1v) is 10.2. The first-order valence-electron chi connectivity index (χ1n) is 9.87. The van der Waals surface area contributed by atoms with E-state index in [1.54, 1.807) is 6.08 Å². The summed E-state index contributed by atoms with van der Waals surface area (Å²) in [4.78, 5) is 18.7. The summed E-state index contributed by atoms with van der Waals surface area (Å²) in [6.07, 6.45) is 7.51. The summed E-state index contributed by atoms with van der Waals surface area (Å²) in [6, 6.07) is 15.7. The lowest BCUT2D eigenvalue weighted by molar-refractivity contribution is -0.126. The van der Waals surface area contributed by atoms with Crippen molar-refractivity contribution < 1.29 is 9.53 Å². The van der Waals surface area contributed by atoms with Crippen LogP contribution in [-0.4, -0.2) is 42.9 Å². The second kappa shape index (κ2) is 9.10. The molecule has 0 aromatic heterocycles. The molecule has 0 aliphatic carbocycles. The molecule has 2 aromatic rings. The third-order valence-electron chi connectivity index (χ3n) is 5.12. The minimum atomic E-state index is 0.0562. The lowest BCUT2D eigenvalue weighted by atomic mass is 10.00. The van der Waals surface area contributed by atoms with E-state index in [1.807, 2.05) is 35.2 Å². The van der Waals surface area contributed by atoms with Gasteiger partial charge in [-0.15, -0.1) is 0 Å². The molecule has 0 unspecified atom stereocenters. The van der Waals surface area contributed by atoms with Crippen molar-refractivity contribution in [1.82, 2.24) is 4.90 Å². The second-order valence-electron chi connectivity index (χ2n) is 7.17. The number of aliphatic imine (C=N–C) groups is 1. The minimum Gasteiger partial charge on any atom is -0.476 e. The molecule has 2 aliphatic rings. The number of piperidine rings is 1. The van der Waals surface area contributed by atoms with E-state index in [4.69, 9.17) is 16.3 Å². The maximum absolute atomic E-state index is 12.4. The molecule has 4 nitrogen and oxygen atoms in total. The SMILES string of the molecule is O=C(C=Cc1ccc(Cl)cc1)N1CCC(=Cc2ccc(C3=NCCO3)cc2)CC1. The molecule has 2 heterocycles. The number of carbonyl (C=O) groups is 1. The highest BCUT2D eigenvalue weighted by atomic mass is 35.5. The monoisotopic (exact) mass is 406 g/mol. The van der Waals surface area contributed by atoms with Crippen LogP contribution in [-0.2, 0) is 9.53 Å². The van der Waals surface area contributed by atoms with Crippen molar-refractivity contribution in [3.63, 3.8) is 0 Å². The standard InChI is InChI=1S/C24H23ClN2O2/c25-22-8-3-18(4-9-22)5-10-23(28)27-14-11-20(12-15-27)17-19-1-6-21(7-2-19)24-26-13-16-29-24/h1-10,17H,11-16H2. The third kappa shape index (κ3) is 5.15. The quantitative estimate of drug-likeness (QED) is 0.682. The van der Waals surface area contributed by atoms with Gasteiger partial charge in [0.1, 0.15) is 6.61 Å². The molecule has 148 valence electrons. The summed E-state index contributed by atoms with van der Waals surface area (Å²) in [5.41, 5.74) is 4.54. The first kappa shape index (κ1) is 19.5. The van der Waals surface area contributed by atoms with Crippen molar-refractivity contribution in [2.45, 2.75) is 12.8 Å². The highest BCUT2D eigenvalue weighted by Gasteiger charge is 2.17. The number of nitrogens with zero attached hydrogens (tertiary/aromatic N) is 2.